The van der Waals surface area contributed by atoms with Gasteiger partial charge in [-0.05, 0) is 104 Å². The molecule has 4 bridgehead atoms. The number of nitrogens with one attached hydrogen (secondary N) is 2. The number of H-pyrrole nitrogens is 1. The van der Waals surface area contributed by atoms with Crippen molar-refractivity contribution >= 4 is 22.7 Å². The first kappa shape index (κ1) is 25.0. The molecule has 5 fully saturated rings. The first-order chi connectivity index (χ1) is 18.7. The van der Waals surface area contributed by atoms with Gasteiger partial charge in [0.1, 0.15) is 12.3 Å². The van der Waals surface area contributed by atoms with Crippen LogP contribution in [0.2, 0.25) is 0 Å². The Kier molecular flexibility index (Phi) is 5.77. The van der Waals surface area contributed by atoms with E-state index in [1.54, 1.807) is 11.2 Å². The van der Waals surface area contributed by atoms with Crippen LogP contribution in [0.4, 0.5) is 0 Å². The van der Waals surface area contributed by atoms with Crippen molar-refractivity contribution in [2.75, 3.05) is 6.54 Å². The van der Waals surface area contributed by atoms with Crippen molar-refractivity contribution in [1.29, 1.82) is 0 Å². The van der Waals surface area contributed by atoms with Gasteiger partial charge in [-0.25, -0.2) is 0 Å². The molecule has 1 aromatic carbocycles. The molecule has 3 aromatic rings. The van der Waals surface area contributed by atoms with Gasteiger partial charge in [-0.3, -0.25) is 9.59 Å². The van der Waals surface area contributed by atoms with Crippen molar-refractivity contribution in [3.05, 3.63) is 59.7 Å². The molecule has 39 heavy (non-hydrogen) atoms. The molecule has 2 atom stereocenters. The van der Waals surface area contributed by atoms with Gasteiger partial charge >= 0.3 is 0 Å². The maximum absolute atomic E-state index is 13.9. The zero-order chi connectivity index (χ0) is 26.9. The van der Waals surface area contributed by atoms with Crippen LogP contribution in [0.25, 0.3) is 10.9 Å². The number of furan rings is 1. The predicted octanol–water partition coefficient (Wildman–Crippen LogP) is 6.31. The number of aryl methyl sites for hydroxylation is 1. The lowest BCUT2D eigenvalue weighted by atomic mass is 9.53. The van der Waals surface area contributed by atoms with Crippen LogP contribution < -0.4 is 5.32 Å². The number of benzene rings is 1. The van der Waals surface area contributed by atoms with Crippen molar-refractivity contribution in [3.63, 3.8) is 0 Å². The van der Waals surface area contributed by atoms with E-state index in [-0.39, 0.29) is 35.2 Å². The van der Waals surface area contributed by atoms with Gasteiger partial charge in [0.2, 0.25) is 11.8 Å². The smallest absolute Gasteiger partial charge is 0.240 e. The molecule has 2 heterocycles. The van der Waals surface area contributed by atoms with Gasteiger partial charge in [0.05, 0.1) is 12.8 Å². The van der Waals surface area contributed by atoms with Gasteiger partial charge in [-0.15, -0.1) is 0 Å². The van der Waals surface area contributed by atoms with Crippen molar-refractivity contribution in [3.8, 4) is 0 Å². The van der Waals surface area contributed by atoms with Gasteiger partial charge in [-0.2, -0.15) is 0 Å². The van der Waals surface area contributed by atoms with Crippen molar-refractivity contribution in [2.45, 2.75) is 83.7 Å². The number of rotatable bonds is 8. The zero-order valence-corrected chi connectivity index (χ0v) is 23.5. The van der Waals surface area contributed by atoms with E-state index in [1.807, 2.05) is 12.1 Å². The minimum absolute atomic E-state index is 0.0171. The molecule has 0 aliphatic heterocycles. The Bertz CT molecular complexity index is 1370. The Hall–Kier alpha value is -3.02. The minimum Gasteiger partial charge on any atom is -0.467 e. The van der Waals surface area contributed by atoms with E-state index in [4.69, 9.17) is 4.42 Å². The largest absolute Gasteiger partial charge is 0.467 e. The number of para-hydroxylation sites is 1. The lowest BCUT2D eigenvalue weighted by Crippen LogP contribution is -2.61. The molecule has 5 aliphatic rings. The number of carbonyl (C=O) groups is 2. The van der Waals surface area contributed by atoms with Crippen LogP contribution in [-0.2, 0) is 16.1 Å². The second-order valence-electron chi connectivity index (χ2n) is 13.9. The summed E-state index contributed by atoms with van der Waals surface area (Å²) in [6.07, 6.45) is 9.41. The van der Waals surface area contributed by atoms with Crippen LogP contribution in [0, 0.1) is 36.0 Å². The fourth-order valence-electron chi connectivity index (χ4n) is 9.31. The number of fused-ring (bicyclic) bond motifs is 1. The molecule has 6 heteroatoms. The highest BCUT2D eigenvalue weighted by Crippen LogP contribution is 2.67. The Morgan fingerprint density at radius 1 is 1.03 bits per heavy atom. The van der Waals surface area contributed by atoms with Gasteiger partial charge in [0.25, 0.3) is 0 Å². The third-order valence-corrected chi connectivity index (χ3v) is 10.8. The van der Waals surface area contributed by atoms with Gasteiger partial charge in [0.15, 0.2) is 0 Å². The number of nitrogens with zero attached hydrogens (tertiary/aromatic N) is 1. The Labute approximate surface area is 230 Å². The van der Waals surface area contributed by atoms with Gasteiger partial charge in [0, 0.05) is 28.6 Å². The molecule has 0 unspecified atom stereocenters. The van der Waals surface area contributed by atoms with E-state index < -0.39 is 0 Å². The second-order valence-corrected chi connectivity index (χ2v) is 13.9. The van der Waals surface area contributed by atoms with Gasteiger partial charge in [-0.1, -0.05) is 32.0 Å². The lowest BCUT2D eigenvalue weighted by Gasteiger charge is -2.57. The summed E-state index contributed by atoms with van der Waals surface area (Å²) in [4.78, 5) is 32.6. The maximum atomic E-state index is 13.9. The lowest BCUT2D eigenvalue weighted by molar-refractivity contribution is -0.139. The Morgan fingerprint density at radius 2 is 1.72 bits per heavy atom. The fraction of sp³-hybridized carbons (Fsp3) is 0.576. The van der Waals surface area contributed by atoms with Crippen molar-refractivity contribution in [1.82, 2.24) is 15.2 Å². The number of amides is 2. The average molecular weight is 528 g/mol. The molecule has 0 spiro atoms. The van der Waals surface area contributed by atoms with Crippen LogP contribution in [0.3, 0.4) is 0 Å². The molecule has 5 saturated carbocycles. The third-order valence-electron chi connectivity index (χ3n) is 10.8. The van der Waals surface area contributed by atoms with Crippen LogP contribution in [0.15, 0.2) is 47.1 Å². The normalized spacial score (nSPS) is 31.9. The summed E-state index contributed by atoms with van der Waals surface area (Å²) in [6, 6.07) is 12.2. The topological polar surface area (TPSA) is 78.3 Å². The first-order valence-electron chi connectivity index (χ1n) is 14.9. The highest BCUT2D eigenvalue weighted by atomic mass is 16.3. The molecule has 206 valence electrons. The summed E-state index contributed by atoms with van der Waals surface area (Å²) in [6.45, 7) is 7.09. The summed E-state index contributed by atoms with van der Waals surface area (Å²) >= 11 is 0. The molecule has 2 amide bonds. The SMILES string of the molecule is Cc1[nH]c2ccccc2c1[C@H]1[C@H](CC(=O)N(CC(=O)NC23CC4CC(CC(C4)C2)C3)Cc2ccco2)C1(C)C. The van der Waals surface area contributed by atoms with E-state index in [9.17, 15) is 9.59 Å². The molecular formula is C33H41N3O3. The monoisotopic (exact) mass is 527 g/mol. The number of hydrogen-bond acceptors (Lipinski definition) is 3. The summed E-state index contributed by atoms with van der Waals surface area (Å²) in [5.74, 6) is 3.56. The molecule has 0 radical (unpaired) electrons. The average Bonchev–Trinajstić information content (AvgIpc) is 3.24. The van der Waals surface area contributed by atoms with Crippen LogP contribution in [0.1, 0.15) is 81.7 Å². The molecule has 0 saturated heterocycles. The molecule has 2 aromatic heterocycles. The Balaban J connectivity index is 1.08. The third kappa shape index (κ3) is 4.40. The number of carbonyl (C=O) groups excluding carboxylic acids is 2. The van der Waals surface area contributed by atoms with E-state index in [0.29, 0.717) is 24.6 Å². The van der Waals surface area contributed by atoms with E-state index in [1.165, 1.54) is 35.9 Å². The summed E-state index contributed by atoms with van der Waals surface area (Å²) < 4.78 is 5.61. The highest BCUT2D eigenvalue weighted by molar-refractivity contribution is 5.88. The van der Waals surface area contributed by atoms with E-state index >= 15 is 0 Å². The van der Waals surface area contributed by atoms with E-state index in [0.717, 1.165) is 42.5 Å². The standard InChI is InChI=1S/C33H41N3O3/c1-20-30(25-8-4-5-9-27(25)34-20)31-26(32(31,2)3)14-29(38)36(18-24-7-6-10-39-24)19-28(37)35-33-15-21-11-22(16-33)13-23(12-21)17-33/h4-10,21-23,26,31,34H,11-19H2,1-3H3,(H,35,37)/t21?,22?,23?,26-,31+,33?/m0/s1. The molecule has 6 nitrogen and oxygen atoms in total. The van der Waals surface area contributed by atoms with Crippen LogP contribution in [0.5, 0.6) is 0 Å². The zero-order valence-electron chi connectivity index (χ0n) is 23.5. The van der Waals surface area contributed by atoms with Crippen LogP contribution >= 0.6 is 0 Å². The number of aromatic amines is 1. The first-order valence-corrected chi connectivity index (χ1v) is 14.9. The highest BCUT2D eigenvalue weighted by Gasteiger charge is 2.60. The summed E-state index contributed by atoms with van der Waals surface area (Å²) in [5, 5.41) is 4.72. The second kappa shape index (κ2) is 9.00. The Morgan fingerprint density at radius 3 is 2.38 bits per heavy atom. The van der Waals surface area contributed by atoms with Crippen molar-refractivity contribution < 1.29 is 14.0 Å². The van der Waals surface area contributed by atoms with Gasteiger partial charge < -0.3 is 19.6 Å². The predicted molar refractivity (Wildman–Crippen MR) is 151 cm³/mol. The van der Waals surface area contributed by atoms with E-state index in [2.05, 4.69) is 55.3 Å². The molecule has 2 N–H and O–H groups in total. The molecular weight excluding hydrogens is 486 g/mol. The summed E-state index contributed by atoms with van der Waals surface area (Å²) in [7, 11) is 0. The summed E-state index contributed by atoms with van der Waals surface area (Å²) in [5.41, 5.74) is 3.64. The quantitative estimate of drug-likeness (QED) is 0.360. The molecule has 5 aliphatic carbocycles. The minimum atomic E-state index is -0.0539. The fourth-order valence-corrected chi connectivity index (χ4v) is 9.31. The van der Waals surface area contributed by atoms with Crippen molar-refractivity contribution in [2.24, 2.45) is 29.1 Å². The number of hydrogen-bond donors (Lipinski definition) is 2. The van der Waals surface area contributed by atoms with Crippen LogP contribution in [-0.4, -0.2) is 33.8 Å². The number of aromatic nitrogens is 1. The molecule has 8 rings (SSSR count). The maximum Gasteiger partial charge on any atom is 0.240 e.